The monoisotopic (exact) mass is 548 g/mol. The van der Waals surface area contributed by atoms with E-state index in [1.54, 1.807) is 30.3 Å². The summed E-state index contributed by atoms with van der Waals surface area (Å²) in [6, 6.07) is 10.8. The van der Waals surface area contributed by atoms with E-state index < -0.39 is 23.7 Å². The fraction of sp³-hybridized carbons (Fsp3) is 0.355. The van der Waals surface area contributed by atoms with Gasteiger partial charge in [0.2, 0.25) is 0 Å². The van der Waals surface area contributed by atoms with Crippen LogP contribution in [0, 0.1) is 18.6 Å². The highest BCUT2D eigenvalue weighted by atomic mass is 19.2. The van der Waals surface area contributed by atoms with Crippen molar-refractivity contribution in [2.75, 3.05) is 31.5 Å². The lowest BCUT2D eigenvalue weighted by atomic mass is 9.93. The lowest BCUT2D eigenvalue weighted by molar-refractivity contribution is -0.110. The van der Waals surface area contributed by atoms with Crippen LogP contribution in [0.2, 0.25) is 0 Å². The van der Waals surface area contributed by atoms with E-state index >= 15 is 0 Å². The van der Waals surface area contributed by atoms with Crippen molar-refractivity contribution in [1.29, 1.82) is 0 Å². The summed E-state index contributed by atoms with van der Waals surface area (Å²) in [5, 5.41) is 2.81. The highest BCUT2D eigenvalue weighted by Gasteiger charge is 2.34. The molecule has 40 heavy (non-hydrogen) atoms. The van der Waals surface area contributed by atoms with Gasteiger partial charge in [-0.1, -0.05) is 24.3 Å². The van der Waals surface area contributed by atoms with Crippen LogP contribution in [0.15, 0.2) is 42.5 Å². The molecule has 2 aromatic carbocycles. The van der Waals surface area contributed by atoms with Gasteiger partial charge in [-0.15, -0.1) is 0 Å². The van der Waals surface area contributed by atoms with Crippen molar-refractivity contribution in [2.45, 2.75) is 44.8 Å². The number of nitrogens with one attached hydrogen (secondary N) is 2. The van der Waals surface area contributed by atoms with Crippen LogP contribution in [0.1, 0.15) is 53.0 Å². The highest BCUT2D eigenvalue weighted by Crippen LogP contribution is 2.41. The van der Waals surface area contributed by atoms with Gasteiger partial charge in [0.05, 0.1) is 16.8 Å². The average Bonchev–Trinajstić information content (AvgIpc) is 3.62. The summed E-state index contributed by atoms with van der Waals surface area (Å²) >= 11 is 0. The number of carbonyl (C=O) groups excluding carboxylic acids is 2. The number of anilines is 1. The van der Waals surface area contributed by atoms with Gasteiger partial charge in [-0.05, 0) is 62.4 Å². The number of H-pyrrole nitrogens is 1. The van der Waals surface area contributed by atoms with Crippen molar-refractivity contribution in [3.63, 3.8) is 0 Å². The van der Waals surface area contributed by atoms with Crippen LogP contribution in [0.25, 0.3) is 22.8 Å². The number of aromatic nitrogens is 1. The maximum absolute atomic E-state index is 14.8. The molecule has 0 radical (unpaired) electrons. The van der Waals surface area contributed by atoms with Crippen molar-refractivity contribution < 1.29 is 22.8 Å². The molecule has 0 aliphatic carbocycles. The van der Waals surface area contributed by atoms with Crippen LogP contribution < -0.4 is 5.32 Å². The lowest BCUT2D eigenvalue weighted by Crippen LogP contribution is -2.49. The Labute approximate surface area is 230 Å². The third-order valence-electron chi connectivity index (χ3n) is 8.14. The van der Waals surface area contributed by atoms with Gasteiger partial charge < -0.3 is 15.2 Å². The van der Waals surface area contributed by atoms with E-state index in [0.29, 0.717) is 60.7 Å². The zero-order valence-electron chi connectivity index (χ0n) is 22.3. The van der Waals surface area contributed by atoms with Crippen LogP contribution in [0.5, 0.6) is 0 Å². The van der Waals surface area contributed by atoms with Crippen molar-refractivity contribution in [1.82, 2.24) is 14.8 Å². The summed E-state index contributed by atoms with van der Waals surface area (Å²) in [6.07, 6.45) is 4.10. The first kappa shape index (κ1) is 26.4. The molecular formula is C31H31F3N4O2. The maximum Gasteiger partial charge on any atom is 0.256 e. The predicted octanol–water partition coefficient (Wildman–Crippen LogP) is 5.80. The Morgan fingerprint density at radius 3 is 2.67 bits per heavy atom. The Bertz CT molecular complexity index is 1510. The summed E-state index contributed by atoms with van der Waals surface area (Å²) in [5.74, 6) is -2.50. The van der Waals surface area contributed by atoms with Crippen molar-refractivity contribution in [3.05, 3.63) is 76.6 Å². The molecule has 208 valence electrons. The molecule has 0 bridgehead atoms. The van der Waals surface area contributed by atoms with Crippen LogP contribution in [-0.4, -0.2) is 65.0 Å². The van der Waals surface area contributed by atoms with Crippen LogP contribution in [0.3, 0.4) is 0 Å². The Balaban J connectivity index is 1.36. The number of aromatic amines is 1. The topological polar surface area (TPSA) is 68.4 Å². The number of likely N-dealkylation sites (tertiary alicyclic amines) is 2. The number of piperidine rings is 1. The number of nitrogens with zero attached hydrogens (tertiary/aromatic N) is 2. The zero-order valence-corrected chi connectivity index (χ0v) is 22.3. The van der Waals surface area contributed by atoms with Crippen molar-refractivity contribution in [2.24, 2.45) is 0 Å². The number of halogens is 3. The van der Waals surface area contributed by atoms with E-state index in [2.05, 4.69) is 15.2 Å². The van der Waals surface area contributed by atoms with Crippen LogP contribution >= 0.6 is 0 Å². The minimum atomic E-state index is -0.991. The number of benzene rings is 2. The third kappa shape index (κ3) is 4.83. The Morgan fingerprint density at radius 2 is 1.88 bits per heavy atom. The van der Waals surface area contributed by atoms with E-state index in [1.165, 1.54) is 12.1 Å². The number of carbonyl (C=O) groups is 2. The number of rotatable bonds is 5. The second-order valence-electron chi connectivity index (χ2n) is 10.9. The summed E-state index contributed by atoms with van der Waals surface area (Å²) in [4.78, 5) is 34.3. The lowest BCUT2D eigenvalue weighted by Gasteiger charge is -2.38. The normalized spacial score (nSPS) is 22.1. The first-order valence-corrected chi connectivity index (χ1v) is 13.8. The SMILES string of the molecule is Cc1cc(C(=O)N2CCCC[C@H]2CN2CCC(F)C2)c(/C=C2\C(=O)Nc3cccc(-c4cccc(F)c4F)c32)[nH]1. The van der Waals surface area contributed by atoms with Crippen LogP contribution in [-0.2, 0) is 4.79 Å². The summed E-state index contributed by atoms with van der Waals surface area (Å²) in [6.45, 7) is 4.20. The molecular weight excluding hydrogens is 517 g/mol. The molecule has 6 rings (SSSR count). The molecule has 2 saturated heterocycles. The fourth-order valence-electron chi connectivity index (χ4n) is 6.23. The number of hydrogen-bond acceptors (Lipinski definition) is 3. The minimum Gasteiger partial charge on any atom is -0.358 e. The molecule has 0 saturated carbocycles. The van der Waals surface area contributed by atoms with Gasteiger partial charge in [0, 0.05) is 54.7 Å². The molecule has 2 N–H and O–H groups in total. The van der Waals surface area contributed by atoms with Gasteiger partial charge >= 0.3 is 0 Å². The highest BCUT2D eigenvalue weighted by molar-refractivity contribution is 6.36. The van der Waals surface area contributed by atoms with Crippen LogP contribution in [0.4, 0.5) is 18.9 Å². The molecule has 4 heterocycles. The first-order valence-electron chi connectivity index (χ1n) is 13.8. The van der Waals surface area contributed by atoms with E-state index in [1.807, 2.05) is 11.8 Å². The number of fused-ring (bicyclic) bond motifs is 1. The molecule has 1 unspecified atom stereocenters. The van der Waals surface area contributed by atoms with Gasteiger partial charge in [0.1, 0.15) is 6.17 Å². The zero-order chi connectivity index (χ0) is 28.0. The van der Waals surface area contributed by atoms with Gasteiger partial charge in [-0.3, -0.25) is 14.5 Å². The summed E-state index contributed by atoms with van der Waals surface area (Å²) in [7, 11) is 0. The molecule has 2 amide bonds. The molecule has 3 aromatic rings. The quantitative estimate of drug-likeness (QED) is 0.396. The third-order valence-corrected chi connectivity index (χ3v) is 8.14. The number of hydrogen-bond donors (Lipinski definition) is 2. The predicted molar refractivity (Wildman–Crippen MR) is 148 cm³/mol. The van der Waals surface area contributed by atoms with Crippen molar-refractivity contribution in [3.8, 4) is 11.1 Å². The number of aryl methyl sites for hydroxylation is 1. The molecule has 3 aliphatic rings. The summed E-state index contributed by atoms with van der Waals surface area (Å²) < 4.78 is 42.7. The smallest absolute Gasteiger partial charge is 0.256 e. The van der Waals surface area contributed by atoms with Crippen molar-refractivity contribution >= 4 is 29.2 Å². The molecule has 1 aromatic heterocycles. The fourth-order valence-corrected chi connectivity index (χ4v) is 6.23. The summed E-state index contributed by atoms with van der Waals surface area (Å²) in [5.41, 5.74) is 3.30. The standard InChI is InChI=1S/C31H31F3N4O2/c1-18-14-23(31(40)38-12-3-2-6-20(38)17-37-13-11-19(32)16-37)27(35-18)15-24-28-21(7-5-10-26(28)36-30(24)39)22-8-4-9-25(33)29(22)34/h4-5,7-10,14-15,19-20,35H,2-3,6,11-13,16-17H2,1H3,(H,36,39)/b24-15-/t19?,20-/m0/s1. The van der Waals surface area contributed by atoms with Gasteiger partial charge in [-0.2, -0.15) is 0 Å². The Kier molecular flexibility index (Phi) is 7.00. The largest absolute Gasteiger partial charge is 0.358 e. The van der Waals surface area contributed by atoms with Gasteiger partial charge in [0.25, 0.3) is 11.8 Å². The molecule has 2 fully saturated rings. The Hall–Kier alpha value is -3.85. The molecule has 9 heteroatoms. The maximum atomic E-state index is 14.8. The first-order chi connectivity index (χ1) is 19.3. The van der Waals surface area contributed by atoms with Gasteiger partial charge in [-0.25, -0.2) is 13.2 Å². The second-order valence-corrected chi connectivity index (χ2v) is 10.9. The average molecular weight is 549 g/mol. The minimum absolute atomic E-state index is 0.0136. The van der Waals surface area contributed by atoms with Gasteiger partial charge in [0.15, 0.2) is 11.6 Å². The second kappa shape index (κ2) is 10.6. The molecule has 6 nitrogen and oxygen atoms in total. The molecule has 3 aliphatic heterocycles. The Morgan fingerprint density at radius 1 is 1.07 bits per heavy atom. The van der Waals surface area contributed by atoms with E-state index in [4.69, 9.17) is 0 Å². The van der Waals surface area contributed by atoms with E-state index in [-0.39, 0.29) is 23.1 Å². The molecule has 2 atom stereocenters. The number of amides is 2. The van der Waals surface area contributed by atoms with E-state index in [9.17, 15) is 22.8 Å². The van der Waals surface area contributed by atoms with E-state index in [0.717, 1.165) is 31.0 Å². The number of alkyl halides is 1. The molecule has 0 spiro atoms.